The Morgan fingerprint density at radius 1 is 1.02 bits per heavy atom. The molecule has 2 aromatic heterocycles. The lowest BCUT2D eigenvalue weighted by atomic mass is 10.1. The van der Waals surface area contributed by atoms with Gasteiger partial charge >= 0.3 is 12.1 Å². The van der Waals surface area contributed by atoms with Crippen molar-refractivity contribution < 1.29 is 40.7 Å². The van der Waals surface area contributed by atoms with Crippen LogP contribution >= 0.6 is 0 Å². The molecule has 4 aromatic rings. The fraction of sp³-hybridized carbons (Fsp3) is 0.160. The predicted molar refractivity (Wildman–Crippen MR) is 135 cm³/mol. The van der Waals surface area contributed by atoms with Crippen molar-refractivity contribution >= 4 is 21.7 Å². The number of benzene rings is 2. The first kappa shape index (κ1) is 29.8. The number of halogens is 3. The molecule has 0 aliphatic heterocycles. The van der Waals surface area contributed by atoms with Crippen molar-refractivity contribution in [1.29, 1.82) is 0 Å². The number of carbonyl (C=O) groups excluding carboxylic acids is 1. The molecule has 0 atom stereocenters. The maximum absolute atomic E-state index is 13.0. The summed E-state index contributed by atoms with van der Waals surface area (Å²) in [6, 6.07) is 10.6. The van der Waals surface area contributed by atoms with E-state index in [4.69, 9.17) is 10.2 Å². The van der Waals surface area contributed by atoms with Crippen molar-refractivity contribution in [3.63, 3.8) is 0 Å². The highest BCUT2D eigenvalue weighted by Gasteiger charge is 2.31. The van der Waals surface area contributed by atoms with Gasteiger partial charge in [0.05, 0.1) is 16.0 Å². The Labute approximate surface area is 224 Å². The largest absolute Gasteiger partial charge is 0.477 e. The van der Waals surface area contributed by atoms with Gasteiger partial charge in [-0.25, -0.2) is 13.2 Å². The van der Waals surface area contributed by atoms with Gasteiger partial charge in [-0.2, -0.15) is 13.2 Å². The normalized spacial score (nSPS) is 11.4. The number of carboxylic acids is 1. The highest BCUT2D eigenvalue weighted by atomic mass is 32.2. The first-order valence-corrected chi connectivity index (χ1v) is 13.0. The highest BCUT2D eigenvalue weighted by molar-refractivity contribution is 7.90. The summed E-state index contributed by atoms with van der Waals surface area (Å²) in [6.45, 7) is 2.97. The first-order valence-electron chi connectivity index (χ1n) is 11.1. The van der Waals surface area contributed by atoms with Crippen molar-refractivity contribution in [3.05, 3.63) is 93.2 Å². The lowest BCUT2D eigenvalue weighted by molar-refractivity contribution is -0.137. The van der Waals surface area contributed by atoms with E-state index in [0.29, 0.717) is 5.56 Å². The van der Waals surface area contributed by atoms with E-state index in [1.54, 1.807) is 0 Å². The number of amides is 1. The van der Waals surface area contributed by atoms with Crippen LogP contribution in [-0.4, -0.2) is 46.4 Å². The molecule has 0 unspecified atom stereocenters. The number of carboxylic acid groups (broad SMARTS) is 1. The highest BCUT2D eigenvalue weighted by Crippen LogP contribution is 2.31. The topological polar surface area (TPSA) is 175 Å². The lowest BCUT2D eigenvalue weighted by Crippen LogP contribution is -2.27. The van der Waals surface area contributed by atoms with Gasteiger partial charge < -0.3 is 15.3 Å². The molecular weight excluding hydrogens is 557 g/mol. The third kappa shape index (κ3) is 6.61. The molecule has 0 bridgehead atoms. The van der Waals surface area contributed by atoms with Crippen molar-refractivity contribution in [2.24, 2.45) is 5.73 Å². The Kier molecular flexibility index (Phi) is 8.28. The average Bonchev–Trinajstić information content (AvgIpc) is 3.29. The molecule has 210 valence electrons. The molecule has 2 aromatic carbocycles. The van der Waals surface area contributed by atoms with Crippen molar-refractivity contribution in [2.45, 2.75) is 24.9 Å². The van der Waals surface area contributed by atoms with Gasteiger partial charge in [0.15, 0.2) is 9.84 Å². The van der Waals surface area contributed by atoms with E-state index in [9.17, 15) is 41.1 Å². The van der Waals surface area contributed by atoms with E-state index in [2.05, 4.69) is 10.2 Å². The second-order valence-electron chi connectivity index (χ2n) is 8.34. The van der Waals surface area contributed by atoms with E-state index >= 15 is 0 Å². The number of nitrogens with two attached hydrogens (primary N) is 1. The predicted octanol–water partition coefficient (Wildman–Crippen LogP) is 3.41. The second kappa shape index (κ2) is 11.1. The van der Waals surface area contributed by atoms with Crippen LogP contribution in [0.1, 0.15) is 37.9 Å². The molecule has 2 heterocycles. The number of alkyl halides is 3. The SMILES string of the molecule is CS(=O)(=O)c1ccc(C(N)=O)cc1.Cc1nnc(-c2cc(C(=O)O)c(=O)n(-c3cccc(C(F)(F)F)c3)c2C)o1. The minimum absolute atomic E-state index is 0.0479. The first-order chi connectivity index (χ1) is 18.5. The number of rotatable bonds is 5. The average molecular weight is 579 g/mol. The molecule has 0 spiro atoms. The Hall–Kier alpha value is -4.79. The molecule has 4 rings (SSSR count). The van der Waals surface area contributed by atoms with Crippen molar-refractivity contribution in [3.8, 4) is 17.1 Å². The zero-order valence-corrected chi connectivity index (χ0v) is 21.9. The molecule has 40 heavy (non-hydrogen) atoms. The number of aryl methyl sites for hydroxylation is 1. The standard InChI is InChI=1S/C17H12F3N3O4.C8H9NO3S/c1-8-12(14-22-21-9(2)27-14)7-13(16(25)26)15(24)23(8)11-5-3-4-10(6-11)17(18,19)20;1-13(11,12)7-4-2-6(3-5-7)8(9)10/h3-7H,1-2H3,(H,25,26);2-5H,1H3,(H2,9,10). The molecule has 0 saturated heterocycles. The molecule has 3 N–H and O–H groups in total. The number of carbonyl (C=O) groups is 2. The smallest absolute Gasteiger partial charge is 0.416 e. The van der Waals surface area contributed by atoms with Crippen LogP contribution in [0.2, 0.25) is 0 Å². The van der Waals surface area contributed by atoms with Gasteiger partial charge in [0.1, 0.15) is 5.56 Å². The minimum Gasteiger partial charge on any atom is -0.477 e. The van der Waals surface area contributed by atoms with Gasteiger partial charge in [-0.05, 0) is 55.5 Å². The summed E-state index contributed by atoms with van der Waals surface area (Å²) >= 11 is 0. The molecule has 0 radical (unpaired) electrons. The summed E-state index contributed by atoms with van der Waals surface area (Å²) in [4.78, 5) is 34.9. The third-order valence-corrected chi connectivity index (χ3v) is 6.56. The van der Waals surface area contributed by atoms with Crippen LogP contribution in [0.15, 0.2) is 68.7 Å². The monoisotopic (exact) mass is 578 g/mol. The zero-order valence-electron chi connectivity index (χ0n) is 21.1. The Bertz CT molecular complexity index is 1760. The summed E-state index contributed by atoms with van der Waals surface area (Å²) in [7, 11) is -3.20. The summed E-state index contributed by atoms with van der Waals surface area (Å²) < 4.78 is 67.2. The number of sulfone groups is 1. The number of nitrogens with zero attached hydrogens (tertiary/aromatic N) is 3. The van der Waals surface area contributed by atoms with Crippen molar-refractivity contribution in [2.75, 3.05) is 6.26 Å². The van der Waals surface area contributed by atoms with E-state index in [1.807, 2.05) is 0 Å². The van der Waals surface area contributed by atoms with Crippen LogP contribution in [0.25, 0.3) is 17.1 Å². The molecule has 11 nitrogen and oxygen atoms in total. The Morgan fingerprint density at radius 3 is 2.12 bits per heavy atom. The zero-order chi connectivity index (χ0) is 30.0. The number of hydrogen-bond donors (Lipinski definition) is 2. The fourth-order valence-electron chi connectivity index (χ4n) is 3.48. The van der Waals surface area contributed by atoms with Gasteiger partial charge in [-0.3, -0.25) is 14.2 Å². The molecule has 0 saturated carbocycles. The van der Waals surface area contributed by atoms with Gasteiger partial charge in [-0.1, -0.05) is 6.07 Å². The molecule has 15 heteroatoms. The van der Waals surface area contributed by atoms with Crippen LogP contribution in [-0.2, 0) is 16.0 Å². The van der Waals surface area contributed by atoms with E-state index in [-0.39, 0.29) is 33.6 Å². The van der Waals surface area contributed by atoms with Crippen LogP contribution in [0.5, 0.6) is 0 Å². The van der Waals surface area contributed by atoms with Gasteiger partial charge in [0.25, 0.3) is 5.56 Å². The maximum Gasteiger partial charge on any atom is 0.416 e. The van der Waals surface area contributed by atoms with Crippen LogP contribution < -0.4 is 11.3 Å². The van der Waals surface area contributed by atoms with Crippen LogP contribution in [0.3, 0.4) is 0 Å². The second-order valence-corrected chi connectivity index (χ2v) is 10.4. The van der Waals surface area contributed by atoms with Crippen LogP contribution in [0, 0.1) is 13.8 Å². The molecule has 1 amide bonds. The Morgan fingerprint density at radius 2 is 1.65 bits per heavy atom. The maximum atomic E-state index is 13.0. The van der Waals surface area contributed by atoms with Gasteiger partial charge in [0.2, 0.25) is 17.7 Å². The quantitative estimate of drug-likeness (QED) is 0.359. The van der Waals surface area contributed by atoms with Gasteiger partial charge in [-0.15, -0.1) is 10.2 Å². The number of aromatic nitrogens is 3. The molecule has 0 aliphatic carbocycles. The van der Waals surface area contributed by atoms with Gasteiger partial charge in [0, 0.05) is 30.1 Å². The fourth-order valence-corrected chi connectivity index (χ4v) is 4.11. The molecular formula is C25H21F3N4O7S. The van der Waals surface area contributed by atoms with Crippen LogP contribution in [0.4, 0.5) is 13.2 Å². The lowest BCUT2D eigenvalue weighted by Gasteiger charge is -2.15. The minimum atomic E-state index is -4.62. The summed E-state index contributed by atoms with van der Waals surface area (Å²) in [5.74, 6) is -1.94. The number of hydrogen-bond acceptors (Lipinski definition) is 8. The summed E-state index contributed by atoms with van der Waals surface area (Å²) in [5, 5.41) is 16.8. The van der Waals surface area contributed by atoms with Crippen molar-refractivity contribution in [1.82, 2.24) is 14.8 Å². The molecule has 0 fully saturated rings. The van der Waals surface area contributed by atoms with E-state index in [0.717, 1.165) is 35.1 Å². The number of primary amides is 1. The Balaban J connectivity index is 0.000000285. The molecule has 0 aliphatic rings. The third-order valence-electron chi connectivity index (χ3n) is 5.43. The number of pyridine rings is 1. The summed E-state index contributed by atoms with van der Waals surface area (Å²) in [5.41, 5.74) is 2.86. The number of aromatic carboxylic acids is 1. The summed E-state index contributed by atoms with van der Waals surface area (Å²) in [6.07, 6.45) is -3.52. The van der Waals surface area contributed by atoms with E-state index in [1.165, 1.54) is 44.2 Å². The van der Waals surface area contributed by atoms with E-state index < -0.39 is 44.6 Å².